The monoisotopic (exact) mass is 478 g/mol. The van der Waals surface area contributed by atoms with Crippen LogP contribution in [0.4, 0.5) is 14.6 Å². The Labute approximate surface area is 197 Å². The molecular weight excluding hydrogens is 462 g/mol. The molecule has 5 aromatic rings. The van der Waals surface area contributed by atoms with Gasteiger partial charge in [-0.25, -0.2) is 18.3 Å². The molecule has 7 nitrogen and oxygen atoms in total. The van der Waals surface area contributed by atoms with Gasteiger partial charge in [0.1, 0.15) is 16.3 Å². The number of carbonyl (C=O) groups is 1. The second-order valence-corrected chi connectivity index (χ2v) is 7.90. The number of halogens is 3. The summed E-state index contributed by atoms with van der Waals surface area (Å²) in [7, 11) is 0. The number of hydrogen-bond donors (Lipinski definition) is 1. The molecule has 34 heavy (non-hydrogen) atoms. The van der Waals surface area contributed by atoms with E-state index in [1.807, 2.05) is 36.4 Å². The third kappa shape index (κ3) is 4.25. The zero-order valence-corrected chi connectivity index (χ0v) is 18.3. The van der Waals surface area contributed by atoms with E-state index in [0.717, 1.165) is 10.1 Å². The van der Waals surface area contributed by atoms with Gasteiger partial charge in [-0.3, -0.25) is 9.48 Å². The molecule has 3 heterocycles. The highest BCUT2D eigenvalue weighted by Gasteiger charge is 2.22. The standard InChI is InChI=1S/C24H17ClF2N6O/c25-18-14-32(13-15-7-3-1-4-8-15)31-22(18)30-24(34)17-12-28-33-20(21(26)27)11-19(29-23(17)33)16-9-5-2-6-10-16/h1-12,14,21H,13H2,(H,30,31,34). The summed E-state index contributed by atoms with van der Waals surface area (Å²) >= 11 is 6.27. The average Bonchev–Trinajstić information content (AvgIpc) is 3.42. The number of fused-ring (bicyclic) bond motifs is 1. The number of amides is 1. The second-order valence-electron chi connectivity index (χ2n) is 7.49. The predicted molar refractivity (Wildman–Crippen MR) is 124 cm³/mol. The largest absolute Gasteiger partial charge is 0.304 e. The maximum Gasteiger partial charge on any atom is 0.280 e. The molecule has 0 saturated carbocycles. The molecule has 0 saturated heterocycles. The zero-order chi connectivity index (χ0) is 23.7. The summed E-state index contributed by atoms with van der Waals surface area (Å²) in [6.07, 6.45) is -0.0133. The lowest BCUT2D eigenvalue weighted by Crippen LogP contribution is -2.14. The molecule has 1 N–H and O–H groups in total. The molecule has 5 rings (SSSR count). The summed E-state index contributed by atoms with van der Waals surface area (Å²) < 4.78 is 30.1. The Balaban J connectivity index is 1.47. The predicted octanol–water partition coefficient (Wildman–Crippen LogP) is 5.48. The molecule has 10 heteroatoms. The minimum Gasteiger partial charge on any atom is -0.304 e. The summed E-state index contributed by atoms with van der Waals surface area (Å²) in [5.41, 5.74) is 1.63. The molecule has 0 radical (unpaired) electrons. The Hall–Kier alpha value is -4.11. The van der Waals surface area contributed by atoms with Crippen LogP contribution >= 0.6 is 11.6 Å². The molecule has 0 aliphatic rings. The van der Waals surface area contributed by atoms with Crippen molar-refractivity contribution in [1.82, 2.24) is 24.4 Å². The van der Waals surface area contributed by atoms with Crippen molar-refractivity contribution in [2.75, 3.05) is 5.32 Å². The van der Waals surface area contributed by atoms with Gasteiger partial charge in [-0.15, -0.1) is 0 Å². The van der Waals surface area contributed by atoms with Crippen LogP contribution in [-0.4, -0.2) is 30.3 Å². The lowest BCUT2D eigenvalue weighted by molar-refractivity contribution is 0.102. The molecule has 3 aromatic heterocycles. The summed E-state index contributed by atoms with van der Waals surface area (Å²) in [4.78, 5) is 17.5. The molecule has 0 atom stereocenters. The average molecular weight is 479 g/mol. The second kappa shape index (κ2) is 9.03. The molecule has 0 spiro atoms. The van der Waals surface area contributed by atoms with E-state index in [-0.39, 0.29) is 27.7 Å². The first-order valence-electron chi connectivity index (χ1n) is 10.3. The molecule has 0 aliphatic heterocycles. The Morgan fingerprint density at radius 2 is 1.76 bits per heavy atom. The fourth-order valence-electron chi connectivity index (χ4n) is 3.57. The van der Waals surface area contributed by atoms with E-state index >= 15 is 0 Å². The summed E-state index contributed by atoms with van der Waals surface area (Å²) in [5, 5.41) is 11.2. The van der Waals surface area contributed by atoms with Crippen LogP contribution in [0.2, 0.25) is 5.02 Å². The van der Waals surface area contributed by atoms with Gasteiger partial charge in [0, 0.05) is 11.8 Å². The molecule has 0 aliphatic carbocycles. The van der Waals surface area contributed by atoms with Crippen LogP contribution < -0.4 is 5.32 Å². The maximum atomic E-state index is 13.8. The molecule has 1 amide bonds. The minimum absolute atomic E-state index is 0.00833. The highest BCUT2D eigenvalue weighted by Crippen LogP contribution is 2.27. The summed E-state index contributed by atoms with van der Waals surface area (Å²) in [5.74, 6) is -0.463. The number of aromatic nitrogens is 5. The third-order valence-corrected chi connectivity index (χ3v) is 5.45. The fraction of sp³-hybridized carbons (Fsp3) is 0.0833. The number of benzene rings is 2. The van der Waals surface area contributed by atoms with E-state index < -0.39 is 12.3 Å². The number of anilines is 1. The first kappa shape index (κ1) is 21.7. The van der Waals surface area contributed by atoms with Crippen molar-refractivity contribution >= 4 is 29.0 Å². The van der Waals surface area contributed by atoms with Crippen LogP contribution in [-0.2, 0) is 6.54 Å². The molecule has 2 aromatic carbocycles. The van der Waals surface area contributed by atoms with Crippen molar-refractivity contribution in [2.24, 2.45) is 0 Å². The van der Waals surface area contributed by atoms with Crippen LogP contribution in [0.15, 0.2) is 79.1 Å². The van der Waals surface area contributed by atoms with E-state index in [4.69, 9.17) is 11.6 Å². The number of nitrogens with zero attached hydrogens (tertiary/aromatic N) is 5. The summed E-state index contributed by atoms with van der Waals surface area (Å²) in [6, 6.07) is 19.8. The van der Waals surface area contributed by atoms with Gasteiger partial charge in [-0.05, 0) is 11.6 Å². The van der Waals surface area contributed by atoms with Crippen LogP contribution in [0.25, 0.3) is 16.9 Å². The van der Waals surface area contributed by atoms with Gasteiger partial charge in [0.2, 0.25) is 0 Å². The van der Waals surface area contributed by atoms with Crippen LogP contribution in [0.1, 0.15) is 28.0 Å². The van der Waals surface area contributed by atoms with Crippen LogP contribution in [0, 0.1) is 0 Å². The van der Waals surface area contributed by atoms with Crippen molar-refractivity contribution in [2.45, 2.75) is 13.0 Å². The first-order chi connectivity index (χ1) is 16.5. The highest BCUT2D eigenvalue weighted by molar-refractivity contribution is 6.33. The Morgan fingerprint density at radius 3 is 2.47 bits per heavy atom. The Bertz CT molecular complexity index is 1470. The van der Waals surface area contributed by atoms with E-state index in [1.165, 1.54) is 12.3 Å². The maximum absolute atomic E-state index is 13.8. The number of alkyl halides is 2. The van der Waals surface area contributed by atoms with Gasteiger partial charge in [-0.2, -0.15) is 10.2 Å². The molecular formula is C24H17ClF2N6O. The van der Waals surface area contributed by atoms with Gasteiger partial charge in [0.15, 0.2) is 11.5 Å². The van der Waals surface area contributed by atoms with E-state index in [2.05, 4.69) is 20.5 Å². The highest BCUT2D eigenvalue weighted by atomic mass is 35.5. The Kier molecular flexibility index (Phi) is 5.77. The van der Waals surface area contributed by atoms with Crippen molar-refractivity contribution in [3.05, 3.63) is 101 Å². The van der Waals surface area contributed by atoms with Crippen LogP contribution in [0.5, 0.6) is 0 Å². The van der Waals surface area contributed by atoms with E-state index in [1.54, 1.807) is 35.1 Å². The van der Waals surface area contributed by atoms with E-state index in [0.29, 0.717) is 17.8 Å². The first-order valence-corrected chi connectivity index (χ1v) is 10.7. The van der Waals surface area contributed by atoms with Gasteiger partial charge in [-0.1, -0.05) is 72.3 Å². The topological polar surface area (TPSA) is 77.1 Å². The van der Waals surface area contributed by atoms with Crippen molar-refractivity contribution in [3.8, 4) is 11.3 Å². The van der Waals surface area contributed by atoms with Gasteiger partial charge in [0.25, 0.3) is 12.3 Å². The molecule has 0 unspecified atom stereocenters. The lowest BCUT2D eigenvalue weighted by atomic mass is 10.1. The molecule has 0 fully saturated rings. The van der Waals surface area contributed by atoms with Crippen LogP contribution in [0.3, 0.4) is 0 Å². The number of carbonyl (C=O) groups excluding carboxylic acids is 1. The Morgan fingerprint density at radius 1 is 1.06 bits per heavy atom. The lowest BCUT2D eigenvalue weighted by Gasteiger charge is -2.08. The smallest absolute Gasteiger partial charge is 0.280 e. The minimum atomic E-state index is -2.81. The quantitative estimate of drug-likeness (QED) is 0.350. The van der Waals surface area contributed by atoms with Crippen molar-refractivity contribution in [1.29, 1.82) is 0 Å². The van der Waals surface area contributed by atoms with Gasteiger partial charge in [0.05, 0.1) is 18.4 Å². The normalized spacial score (nSPS) is 11.3. The number of rotatable bonds is 6. The zero-order valence-electron chi connectivity index (χ0n) is 17.6. The van der Waals surface area contributed by atoms with Crippen molar-refractivity contribution < 1.29 is 13.6 Å². The fourth-order valence-corrected chi connectivity index (χ4v) is 3.76. The van der Waals surface area contributed by atoms with Gasteiger partial charge < -0.3 is 5.32 Å². The molecule has 170 valence electrons. The third-order valence-electron chi connectivity index (χ3n) is 5.17. The van der Waals surface area contributed by atoms with E-state index in [9.17, 15) is 13.6 Å². The molecule has 0 bridgehead atoms. The number of nitrogens with one attached hydrogen (secondary N) is 1. The van der Waals surface area contributed by atoms with Crippen molar-refractivity contribution in [3.63, 3.8) is 0 Å². The summed E-state index contributed by atoms with van der Waals surface area (Å²) in [6.45, 7) is 0.465. The SMILES string of the molecule is O=C(Nc1nn(Cc2ccccc2)cc1Cl)c1cnn2c(C(F)F)cc(-c3ccccc3)nc12. The van der Waals surface area contributed by atoms with Gasteiger partial charge >= 0.3 is 0 Å². The number of hydrogen-bond acceptors (Lipinski definition) is 4.